The number of hydrogen-bond donors (Lipinski definition) is 0. The van der Waals surface area contributed by atoms with E-state index in [9.17, 15) is 5.48 Å². The lowest BCUT2D eigenvalue weighted by atomic mass is 9.91. The number of thiophene rings is 1. The van der Waals surface area contributed by atoms with Crippen LogP contribution in [0.4, 0.5) is 0 Å². The molecule has 0 saturated carbocycles. The third kappa shape index (κ3) is 6.16. The average Bonchev–Trinajstić information content (AvgIpc) is 3.79. The standard InChI is InChI=1S/C57H35N3S/c1-3-14-36(15-4-1)38-18-11-20-41(32-38)55-58-56(42-21-12-19-39(33-42)37-16-5-2-6-17-37)60-57(59-55)43-29-31-50-53(35-43)61-52-27-13-26-44(54(50)52)40-28-30-49-47-24-8-7-22-45(47)46-23-9-10-25-48(46)51(49)34-40/h1-35H/i13D,26D,27D,29D,31D,35D. The van der Waals surface area contributed by atoms with Crippen molar-refractivity contribution in [3.63, 3.8) is 0 Å². The number of fused-ring (bicyclic) bond motifs is 9. The van der Waals surface area contributed by atoms with Gasteiger partial charge >= 0.3 is 0 Å². The normalized spacial score (nSPS) is 13.0. The molecule has 0 aliphatic rings. The van der Waals surface area contributed by atoms with Gasteiger partial charge in [0.25, 0.3) is 0 Å². The first-order chi connectivity index (χ1) is 32.7. The lowest BCUT2D eigenvalue weighted by Crippen LogP contribution is -2.00. The molecule has 0 amide bonds. The van der Waals surface area contributed by atoms with Crippen LogP contribution in [0.1, 0.15) is 8.22 Å². The number of aromatic nitrogens is 3. The van der Waals surface area contributed by atoms with Gasteiger partial charge in [0.15, 0.2) is 17.5 Å². The Morgan fingerprint density at radius 3 is 1.41 bits per heavy atom. The molecule has 61 heavy (non-hydrogen) atoms. The first-order valence-electron chi connectivity index (χ1n) is 23.1. The summed E-state index contributed by atoms with van der Waals surface area (Å²) >= 11 is 1.13. The monoisotopic (exact) mass is 799 g/mol. The van der Waals surface area contributed by atoms with Gasteiger partial charge in [-0.15, -0.1) is 11.3 Å². The van der Waals surface area contributed by atoms with E-state index in [1.54, 1.807) is 0 Å². The highest BCUT2D eigenvalue weighted by molar-refractivity contribution is 7.26. The van der Waals surface area contributed by atoms with Crippen LogP contribution in [0.3, 0.4) is 0 Å². The van der Waals surface area contributed by atoms with Crippen LogP contribution in [0.25, 0.3) is 120 Å². The molecule has 2 aromatic heterocycles. The van der Waals surface area contributed by atoms with E-state index in [2.05, 4.69) is 24.3 Å². The molecule has 2 heterocycles. The highest BCUT2D eigenvalue weighted by atomic mass is 32.1. The van der Waals surface area contributed by atoms with Gasteiger partial charge in [-0.05, 0) is 96.0 Å². The Balaban J connectivity index is 1.10. The predicted octanol–water partition coefficient (Wildman–Crippen LogP) is 15.7. The lowest BCUT2D eigenvalue weighted by molar-refractivity contribution is 1.07. The van der Waals surface area contributed by atoms with Gasteiger partial charge in [-0.25, -0.2) is 15.0 Å². The Kier molecular flexibility index (Phi) is 6.99. The van der Waals surface area contributed by atoms with Crippen LogP contribution in [0, 0.1) is 0 Å². The van der Waals surface area contributed by atoms with Crippen LogP contribution in [-0.2, 0) is 0 Å². The van der Waals surface area contributed by atoms with E-state index >= 15 is 0 Å². The molecule has 12 aromatic rings. The highest BCUT2D eigenvalue weighted by Crippen LogP contribution is 2.43. The minimum atomic E-state index is -0.258. The van der Waals surface area contributed by atoms with E-state index in [4.69, 9.17) is 17.7 Å². The molecule has 12 rings (SSSR count). The van der Waals surface area contributed by atoms with E-state index in [0.29, 0.717) is 54.1 Å². The Morgan fingerprint density at radius 1 is 0.328 bits per heavy atom. The van der Waals surface area contributed by atoms with Crippen molar-refractivity contribution < 1.29 is 8.22 Å². The summed E-state index contributed by atoms with van der Waals surface area (Å²) in [6, 6.07) is 57.4. The molecule has 0 unspecified atom stereocenters. The molecule has 0 fully saturated rings. The summed E-state index contributed by atoms with van der Waals surface area (Å²) in [4.78, 5) is 15.0. The summed E-state index contributed by atoms with van der Waals surface area (Å²) in [5, 5.41) is 7.10. The highest BCUT2D eigenvalue weighted by Gasteiger charge is 2.18. The summed E-state index contributed by atoms with van der Waals surface area (Å²) in [5.74, 6) is 0.754. The summed E-state index contributed by atoms with van der Waals surface area (Å²) in [6.45, 7) is 0. The second kappa shape index (κ2) is 14.5. The average molecular weight is 800 g/mol. The molecular weight excluding hydrogens is 759 g/mol. The van der Waals surface area contributed by atoms with E-state index < -0.39 is 0 Å². The van der Waals surface area contributed by atoms with Gasteiger partial charge < -0.3 is 0 Å². The molecule has 0 aliphatic heterocycles. The molecular formula is C57H35N3S. The van der Waals surface area contributed by atoms with Crippen molar-refractivity contribution in [1.29, 1.82) is 0 Å². The van der Waals surface area contributed by atoms with Gasteiger partial charge in [-0.3, -0.25) is 0 Å². The zero-order valence-corrected chi connectivity index (χ0v) is 33.3. The third-order valence-electron chi connectivity index (χ3n) is 11.4. The first kappa shape index (κ1) is 29.4. The van der Waals surface area contributed by atoms with Crippen molar-refractivity contribution in [1.82, 2.24) is 15.0 Å². The minimum Gasteiger partial charge on any atom is -0.208 e. The molecule has 0 saturated heterocycles. The van der Waals surface area contributed by atoms with E-state index in [-0.39, 0.29) is 47.6 Å². The van der Waals surface area contributed by atoms with Crippen LogP contribution in [0.2, 0.25) is 0 Å². The molecule has 0 spiro atoms. The fraction of sp³-hybridized carbons (Fsp3) is 0. The molecule has 4 heteroatoms. The van der Waals surface area contributed by atoms with Gasteiger partial charge in [-0.1, -0.05) is 182 Å². The zero-order chi connectivity index (χ0) is 45.5. The van der Waals surface area contributed by atoms with Crippen molar-refractivity contribution >= 4 is 63.8 Å². The van der Waals surface area contributed by atoms with E-state index in [0.717, 1.165) is 65.9 Å². The molecule has 3 nitrogen and oxygen atoms in total. The topological polar surface area (TPSA) is 38.7 Å². The smallest absolute Gasteiger partial charge is 0.164 e. The van der Waals surface area contributed by atoms with Crippen molar-refractivity contribution in [3.05, 3.63) is 212 Å². The predicted molar refractivity (Wildman–Crippen MR) is 258 cm³/mol. The van der Waals surface area contributed by atoms with Crippen molar-refractivity contribution in [2.45, 2.75) is 0 Å². The molecule has 0 aliphatic carbocycles. The fourth-order valence-corrected chi connectivity index (χ4v) is 9.54. The Labute approximate surface area is 365 Å². The Hall–Kier alpha value is -7.79. The van der Waals surface area contributed by atoms with Gasteiger partial charge in [0.05, 0.1) is 8.22 Å². The first-order valence-corrected chi connectivity index (χ1v) is 20.9. The summed E-state index contributed by atoms with van der Waals surface area (Å²) in [6.07, 6.45) is 0. The third-order valence-corrected chi connectivity index (χ3v) is 12.4. The summed E-state index contributed by atoms with van der Waals surface area (Å²) < 4.78 is 57.6. The van der Waals surface area contributed by atoms with Crippen LogP contribution in [0.5, 0.6) is 0 Å². The summed E-state index contributed by atoms with van der Waals surface area (Å²) in [7, 11) is 0. The maximum atomic E-state index is 9.87. The molecule has 0 atom stereocenters. The molecule has 0 radical (unpaired) electrons. The van der Waals surface area contributed by atoms with Crippen molar-refractivity contribution in [2.75, 3.05) is 0 Å². The lowest BCUT2D eigenvalue weighted by Gasteiger charge is -2.12. The quantitative estimate of drug-likeness (QED) is 0.157. The second-order valence-corrected chi connectivity index (χ2v) is 16.1. The van der Waals surface area contributed by atoms with Crippen LogP contribution in [-0.4, -0.2) is 15.0 Å². The molecule has 0 N–H and O–H groups in total. The number of rotatable bonds is 6. The largest absolute Gasteiger partial charge is 0.208 e. The van der Waals surface area contributed by atoms with Crippen molar-refractivity contribution in [3.8, 4) is 67.5 Å². The number of hydrogen-bond acceptors (Lipinski definition) is 4. The second-order valence-electron chi connectivity index (χ2n) is 15.1. The van der Waals surface area contributed by atoms with Crippen LogP contribution in [0.15, 0.2) is 212 Å². The Morgan fingerprint density at radius 2 is 0.820 bits per heavy atom. The maximum absolute atomic E-state index is 9.87. The van der Waals surface area contributed by atoms with Crippen LogP contribution >= 0.6 is 11.3 Å². The number of benzene rings is 10. The number of nitrogens with zero attached hydrogens (tertiary/aromatic N) is 3. The maximum Gasteiger partial charge on any atom is 0.164 e. The van der Waals surface area contributed by atoms with E-state index in [1.807, 2.05) is 152 Å². The fourth-order valence-electron chi connectivity index (χ4n) is 8.52. The van der Waals surface area contributed by atoms with Crippen molar-refractivity contribution in [2.24, 2.45) is 0 Å². The van der Waals surface area contributed by atoms with Gasteiger partial charge in [0, 0.05) is 36.9 Å². The Bertz CT molecular complexity index is 3870. The van der Waals surface area contributed by atoms with Gasteiger partial charge in [0.1, 0.15) is 0 Å². The molecule has 284 valence electrons. The van der Waals surface area contributed by atoms with Gasteiger partial charge in [-0.2, -0.15) is 0 Å². The zero-order valence-electron chi connectivity index (χ0n) is 38.5. The van der Waals surface area contributed by atoms with Crippen LogP contribution < -0.4 is 0 Å². The SMILES string of the molecule is [2H]c1c([2H])c(-c2ccc3c4ccccc4c4ccccc4c3c2)c2c(sc3c([2H])c(-c4nc(-c5cccc(-c6ccccc6)c5)nc(-c5cccc(-c6ccccc6)c5)n4)c([2H])c([2H])c32)c1[2H]. The molecule has 10 aromatic carbocycles. The summed E-state index contributed by atoms with van der Waals surface area (Å²) in [5.41, 5.74) is 6.50. The minimum absolute atomic E-state index is 0.0571. The van der Waals surface area contributed by atoms with Gasteiger partial charge in [0.2, 0.25) is 0 Å². The molecule has 0 bridgehead atoms. The van der Waals surface area contributed by atoms with E-state index in [1.165, 1.54) is 0 Å².